The van der Waals surface area contributed by atoms with E-state index in [0.717, 1.165) is 16.8 Å². The largest absolute Gasteiger partial charge is 0.340 e. The van der Waals surface area contributed by atoms with Crippen LogP contribution in [0, 0.1) is 13.8 Å². The molecule has 1 N–H and O–H groups in total. The molecule has 0 saturated carbocycles. The van der Waals surface area contributed by atoms with Crippen molar-refractivity contribution in [1.29, 1.82) is 0 Å². The van der Waals surface area contributed by atoms with Gasteiger partial charge in [-0.2, -0.15) is 0 Å². The Bertz CT molecular complexity index is 806. The number of anilines is 2. The van der Waals surface area contributed by atoms with E-state index in [1.54, 1.807) is 35.1 Å². The Morgan fingerprint density at radius 3 is 2.23 bits per heavy atom. The average Bonchev–Trinajstić information content (AvgIpc) is 2.64. The molecule has 1 aromatic heterocycles. The minimum absolute atomic E-state index is 0.0276. The lowest BCUT2D eigenvalue weighted by atomic mass is 10.1. The summed E-state index contributed by atoms with van der Waals surface area (Å²) < 4.78 is 0. The number of aromatic nitrogens is 1. The topological polar surface area (TPSA) is 65.5 Å². The van der Waals surface area contributed by atoms with Crippen LogP contribution in [0.15, 0.2) is 36.5 Å². The Balaban J connectivity index is 1.73. The van der Waals surface area contributed by atoms with Gasteiger partial charge in [-0.1, -0.05) is 18.2 Å². The monoisotopic (exact) mass is 352 g/mol. The molecule has 2 heterocycles. The van der Waals surface area contributed by atoms with Gasteiger partial charge < -0.3 is 15.1 Å². The minimum Gasteiger partial charge on any atom is -0.340 e. The van der Waals surface area contributed by atoms with E-state index >= 15 is 0 Å². The van der Waals surface area contributed by atoms with E-state index in [9.17, 15) is 9.59 Å². The van der Waals surface area contributed by atoms with Crippen LogP contribution in [-0.4, -0.2) is 52.8 Å². The van der Waals surface area contributed by atoms with Gasteiger partial charge in [0.2, 0.25) is 5.91 Å². The van der Waals surface area contributed by atoms with Crippen LogP contribution in [-0.2, 0) is 4.79 Å². The maximum Gasteiger partial charge on any atom is 0.254 e. The molecule has 0 radical (unpaired) electrons. The van der Waals surface area contributed by atoms with Gasteiger partial charge in [0.15, 0.2) is 0 Å². The zero-order valence-electron chi connectivity index (χ0n) is 15.5. The van der Waals surface area contributed by atoms with Crippen LogP contribution in [0.25, 0.3) is 0 Å². The van der Waals surface area contributed by atoms with Gasteiger partial charge >= 0.3 is 0 Å². The second-order valence-electron chi connectivity index (χ2n) is 6.62. The number of para-hydroxylation sites is 1. The van der Waals surface area contributed by atoms with Crippen molar-refractivity contribution in [3.8, 4) is 0 Å². The Hall–Kier alpha value is -2.89. The van der Waals surface area contributed by atoms with Gasteiger partial charge in [-0.3, -0.25) is 9.59 Å². The van der Waals surface area contributed by atoms with Crippen LogP contribution in [0.5, 0.6) is 0 Å². The maximum absolute atomic E-state index is 12.8. The minimum atomic E-state index is -0.0276. The molecule has 1 fully saturated rings. The Morgan fingerprint density at radius 2 is 1.62 bits per heavy atom. The summed E-state index contributed by atoms with van der Waals surface area (Å²) in [6, 6.07) is 9.61. The number of hydrogen-bond donors (Lipinski definition) is 1. The zero-order chi connectivity index (χ0) is 18.7. The summed E-state index contributed by atoms with van der Waals surface area (Å²) in [5, 5.41) is 3.33. The SMILES string of the molecule is CC(=O)N1CCN(C(=O)c2ccnc(Nc3c(C)cccc3C)c2)CC1. The van der Waals surface area contributed by atoms with Crippen LogP contribution in [0.2, 0.25) is 0 Å². The third kappa shape index (κ3) is 3.85. The van der Waals surface area contributed by atoms with Crippen molar-refractivity contribution in [2.45, 2.75) is 20.8 Å². The molecule has 3 rings (SSSR count). The van der Waals surface area contributed by atoms with Gasteiger partial charge in [0, 0.05) is 50.6 Å². The molecule has 1 aliphatic heterocycles. The number of carbonyl (C=O) groups excluding carboxylic acids is 2. The summed E-state index contributed by atoms with van der Waals surface area (Å²) in [6.07, 6.45) is 1.65. The summed E-state index contributed by atoms with van der Waals surface area (Å²) >= 11 is 0. The third-order valence-corrected chi connectivity index (χ3v) is 4.75. The van der Waals surface area contributed by atoms with Crippen LogP contribution in [0.3, 0.4) is 0 Å². The van der Waals surface area contributed by atoms with Crippen molar-refractivity contribution >= 4 is 23.3 Å². The molecular formula is C20H24N4O2. The molecule has 136 valence electrons. The molecule has 2 aromatic rings. The normalized spacial score (nSPS) is 14.3. The average molecular weight is 352 g/mol. The quantitative estimate of drug-likeness (QED) is 0.922. The third-order valence-electron chi connectivity index (χ3n) is 4.75. The van der Waals surface area contributed by atoms with E-state index in [1.165, 1.54) is 0 Å². The number of benzene rings is 1. The molecule has 0 bridgehead atoms. The van der Waals surface area contributed by atoms with Crippen molar-refractivity contribution in [2.75, 3.05) is 31.5 Å². The lowest BCUT2D eigenvalue weighted by Crippen LogP contribution is -2.50. The number of amides is 2. The highest BCUT2D eigenvalue weighted by atomic mass is 16.2. The molecule has 0 aliphatic carbocycles. The molecule has 26 heavy (non-hydrogen) atoms. The summed E-state index contributed by atoms with van der Waals surface area (Å²) in [7, 11) is 0. The fourth-order valence-electron chi connectivity index (χ4n) is 3.18. The highest BCUT2D eigenvalue weighted by molar-refractivity contribution is 5.95. The number of carbonyl (C=O) groups is 2. The summed E-state index contributed by atoms with van der Waals surface area (Å²) in [6.45, 7) is 7.92. The first-order valence-corrected chi connectivity index (χ1v) is 8.80. The number of pyridine rings is 1. The summed E-state index contributed by atoms with van der Waals surface area (Å²) in [5.74, 6) is 0.678. The Kier molecular flexibility index (Phi) is 5.21. The van der Waals surface area contributed by atoms with Gasteiger partial charge in [-0.15, -0.1) is 0 Å². The molecule has 2 amide bonds. The highest BCUT2D eigenvalue weighted by Crippen LogP contribution is 2.24. The van der Waals surface area contributed by atoms with Crippen LogP contribution in [0.1, 0.15) is 28.4 Å². The second-order valence-corrected chi connectivity index (χ2v) is 6.62. The van der Waals surface area contributed by atoms with E-state index in [-0.39, 0.29) is 11.8 Å². The Morgan fingerprint density at radius 1 is 1.00 bits per heavy atom. The lowest BCUT2D eigenvalue weighted by molar-refractivity contribution is -0.130. The number of nitrogens with one attached hydrogen (secondary N) is 1. The number of nitrogens with zero attached hydrogens (tertiary/aromatic N) is 3. The Labute approximate surface area is 153 Å². The highest BCUT2D eigenvalue weighted by Gasteiger charge is 2.23. The number of aryl methyl sites for hydroxylation is 2. The molecule has 6 heteroatoms. The first-order chi connectivity index (χ1) is 12.5. The van der Waals surface area contributed by atoms with Crippen molar-refractivity contribution in [3.63, 3.8) is 0 Å². The van der Waals surface area contributed by atoms with E-state index in [2.05, 4.69) is 10.3 Å². The van der Waals surface area contributed by atoms with Crippen LogP contribution < -0.4 is 5.32 Å². The number of piperazine rings is 1. The fraction of sp³-hybridized carbons (Fsp3) is 0.350. The van der Waals surface area contributed by atoms with Gasteiger partial charge in [0.1, 0.15) is 5.82 Å². The molecule has 6 nitrogen and oxygen atoms in total. The zero-order valence-corrected chi connectivity index (χ0v) is 15.5. The summed E-state index contributed by atoms with van der Waals surface area (Å²) in [4.78, 5) is 32.1. The maximum atomic E-state index is 12.8. The molecular weight excluding hydrogens is 328 g/mol. The van der Waals surface area contributed by atoms with E-state index < -0.39 is 0 Å². The van der Waals surface area contributed by atoms with Crippen molar-refractivity contribution in [3.05, 3.63) is 53.2 Å². The van der Waals surface area contributed by atoms with Crippen molar-refractivity contribution in [2.24, 2.45) is 0 Å². The first-order valence-electron chi connectivity index (χ1n) is 8.80. The predicted octanol–water partition coefficient (Wildman–Crippen LogP) is 2.75. The molecule has 1 saturated heterocycles. The predicted molar refractivity (Wildman–Crippen MR) is 102 cm³/mol. The van der Waals surface area contributed by atoms with Gasteiger partial charge in [-0.05, 0) is 37.1 Å². The molecule has 0 unspecified atom stereocenters. The van der Waals surface area contributed by atoms with E-state index in [1.807, 2.05) is 32.0 Å². The first kappa shape index (κ1) is 17.9. The summed E-state index contributed by atoms with van der Waals surface area (Å²) in [5.41, 5.74) is 3.87. The smallest absolute Gasteiger partial charge is 0.254 e. The van der Waals surface area contributed by atoms with Gasteiger partial charge in [-0.25, -0.2) is 4.98 Å². The van der Waals surface area contributed by atoms with Crippen LogP contribution >= 0.6 is 0 Å². The van der Waals surface area contributed by atoms with E-state index in [0.29, 0.717) is 37.6 Å². The second kappa shape index (κ2) is 7.56. The molecule has 1 aromatic carbocycles. The van der Waals surface area contributed by atoms with Crippen LogP contribution in [0.4, 0.5) is 11.5 Å². The number of rotatable bonds is 3. The molecule has 0 atom stereocenters. The standard InChI is InChI=1S/C20H24N4O2/c1-14-5-4-6-15(2)19(14)22-18-13-17(7-8-21-18)20(26)24-11-9-23(10-12-24)16(3)25/h4-8,13H,9-12H2,1-3H3,(H,21,22). The van der Waals surface area contributed by atoms with Gasteiger partial charge in [0.05, 0.1) is 0 Å². The van der Waals surface area contributed by atoms with E-state index in [4.69, 9.17) is 0 Å². The van der Waals surface area contributed by atoms with Crippen molar-refractivity contribution in [1.82, 2.24) is 14.8 Å². The number of hydrogen-bond acceptors (Lipinski definition) is 4. The lowest BCUT2D eigenvalue weighted by Gasteiger charge is -2.34. The van der Waals surface area contributed by atoms with Crippen molar-refractivity contribution < 1.29 is 9.59 Å². The molecule has 0 spiro atoms. The molecule has 1 aliphatic rings. The van der Waals surface area contributed by atoms with Gasteiger partial charge in [0.25, 0.3) is 5.91 Å². The fourth-order valence-corrected chi connectivity index (χ4v) is 3.18.